The van der Waals surface area contributed by atoms with E-state index < -0.39 is 32.5 Å². The van der Waals surface area contributed by atoms with Crippen molar-refractivity contribution in [2.45, 2.75) is 200 Å². The maximum atomic E-state index is 12.7. The third kappa shape index (κ3) is 40.2. The van der Waals surface area contributed by atoms with Gasteiger partial charge in [0.1, 0.15) is 19.8 Å². The zero-order valence-corrected chi connectivity index (χ0v) is 36.6. The fourth-order valence-corrected chi connectivity index (χ4v) is 6.67. The second kappa shape index (κ2) is 37.1. The molecule has 0 aromatic carbocycles. The largest absolute Gasteiger partial charge is 0.756 e. The molecule has 0 heterocycles. The van der Waals surface area contributed by atoms with Crippen LogP contribution in [0.5, 0.6) is 0 Å². The van der Waals surface area contributed by atoms with Crippen molar-refractivity contribution >= 4 is 19.8 Å². The molecule has 0 aromatic rings. The molecule has 0 spiro atoms. The summed E-state index contributed by atoms with van der Waals surface area (Å²) < 4.78 is 33.9. The van der Waals surface area contributed by atoms with E-state index in [1.54, 1.807) is 0 Å². The number of carbonyl (C=O) groups is 2. The molecule has 0 fully saturated rings. The third-order valence-electron chi connectivity index (χ3n) is 9.44. The average molecular weight is 786 g/mol. The van der Waals surface area contributed by atoms with E-state index in [-0.39, 0.29) is 26.1 Å². The van der Waals surface area contributed by atoms with Crippen LogP contribution in [0.1, 0.15) is 194 Å². The SMILES string of the molecule is CCCCCCCC/C=C\CCCCCCCC(=O)OCC(COP(=O)([O-])OCC[N+](C)(C)C)OC(=O)CCCCCCC/C=C\CCCCCCCC. The number of likely N-dealkylation sites (N-methyl/N-ethyl adjacent to an activating group) is 1. The minimum atomic E-state index is -4.62. The van der Waals surface area contributed by atoms with E-state index in [2.05, 4.69) is 38.2 Å². The predicted octanol–water partition coefficient (Wildman–Crippen LogP) is 11.7. The standard InChI is InChI=1S/C44H84NO8P/c1-6-8-10-12-14-16-18-20-22-24-26-28-30-32-34-36-43(46)50-40-42(41-52-54(48,49)51-39-38-45(3,4)5)53-44(47)37-35-33-31-29-27-25-23-21-19-17-15-13-11-9-7-2/h20-23,42H,6-19,24-41H2,1-5H3/b22-20-,23-21-. The van der Waals surface area contributed by atoms with Gasteiger partial charge in [-0.3, -0.25) is 14.2 Å². The Labute approximate surface area is 332 Å². The van der Waals surface area contributed by atoms with Gasteiger partial charge in [-0.2, -0.15) is 0 Å². The minimum absolute atomic E-state index is 0.0326. The van der Waals surface area contributed by atoms with Crippen molar-refractivity contribution in [3.63, 3.8) is 0 Å². The fraction of sp³-hybridized carbons (Fsp3) is 0.864. The molecule has 9 nitrogen and oxygen atoms in total. The number of allylic oxidation sites excluding steroid dienone is 4. The fourth-order valence-electron chi connectivity index (χ4n) is 5.94. The first-order valence-electron chi connectivity index (χ1n) is 22.0. The van der Waals surface area contributed by atoms with Crippen molar-refractivity contribution in [3.8, 4) is 0 Å². The average Bonchev–Trinajstić information content (AvgIpc) is 3.12. The molecule has 0 rings (SSSR count). The van der Waals surface area contributed by atoms with Gasteiger partial charge in [-0.05, 0) is 64.2 Å². The molecule has 2 atom stereocenters. The van der Waals surface area contributed by atoms with E-state index >= 15 is 0 Å². The number of esters is 2. The van der Waals surface area contributed by atoms with Gasteiger partial charge in [0.2, 0.25) is 0 Å². The van der Waals surface area contributed by atoms with E-state index in [1.165, 1.54) is 89.9 Å². The summed E-state index contributed by atoms with van der Waals surface area (Å²) in [5, 5.41) is 0. The number of phosphoric acid groups is 1. The van der Waals surface area contributed by atoms with Crippen molar-refractivity contribution in [2.75, 3.05) is 47.5 Å². The lowest BCUT2D eigenvalue weighted by molar-refractivity contribution is -0.870. The number of phosphoric ester groups is 1. The Hall–Kier alpha value is -1.51. The van der Waals surface area contributed by atoms with E-state index in [4.69, 9.17) is 18.5 Å². The molecule has 0 bridgehead atoms. The minimum Gasteiger partial charge on any atom is -0.756 e. The van der Waals surface area contributed by atoms with E-state index in [0.717, 1.165) is 70.6 Å². The third-order valence-corrected chi connectivity index (χ3v) is 10.4. The monoisotopic (exact) mass is 786 g/mol. The zero-order chi connectivity index (χ0) is 40.0. The van der Waals surface area contributed by atoms with Crippen LogP contribution in [0.2, 0.25) is 0 Å². The van der Waals surface area contributed by atoms with Gasteiger partial charge >= 0.3 is 11.9 Å². The maximum Gasteiger partial charge on any atom is 0.306 e. The second-order valence-electron chi connectivity index (χ2n) is 16.1. The number of rotatable bonds is 40. The molecule has 10 heteroatoms. The molecule has 2 unspecified atom stereocenters. The van der Waals surface area contributed by atoms with E-state index in [0.29, 0.717) is 17.4 Å². The lowest BCUT2D eigenvalue weighted by Crippen LogP contribution is -2.37. The lowest BCUT2D eigenvalue weighted by Gasteiger charge is -2.28. The summed E-state index contributed by atoms with van der Waals surface area (Å²) >= 11 is 0. The first-order chi connectivity index (χ1) is 26.0. The quantitative estimate of drug-likeness (QED) is 0.0198. The van der Waals surface area contributed by atoms with Crippen molar-refractivity contribution in [1.82, 2.24) is 0 Å². The maximum absolute atomic E-state index is 12.7. The Morgan fingerprint density at radius 1 is 0.556 bits per heavy atom. The molecule has 0 saturated carbocycles. The molecule has 0 aliphatic carbocycles. The summed E-state index contributed by atoms with van der Waals surface area (Å²) in [6, 6.07) is 0. The van der Waals surface area contributed by atoms with Gasteiger partial charge < -0.3 is 27.9 Å². The smallest absolute Gasteiger partial charge is 0.306 e. The van der Waals surface area contributed by atoms with Gasteiger partial charge in [-0.15, -0.1) is 0 Å². The number of nitrogens with zero attached hydrogens (tertiary/aromatic N) is 1. The molecule has 0 saturated heterocycles. The number of quaternary nitrogens is 1. The Morgan fingerprint density at radius 2 is 0.944 bits per heavy atom. The van der Waals surface area contributed by atoms with Crippen LogP contribution in [-0.2, 0) is 32.7 Å². The number of hydrogen-bond donors (Lipinski definition) is 0. The first-order valence-corrected chi connectivity index (χ1v) is 23.5. The summed E-state index contributed by atoms with van der Waals surface area (Å²) in [5.41, 5.74) is 0. The van der Waals surface area contributed by atoms with Gasteiger partial charge in [0.15, 0.2) is 6.10 Å². The van der Waals surface area contributed by atoms with Crippen LogP contribution in [0, 0.1) is 0 Å². The molecule has 54 heavy (non-hydrogen) atoms. The normalized spacial score (nSPS) is 13.8. The summed E-state index contributed by atoms with van der Waals surface area (Å²) in [4.78, 5) is 37.5. The van der Waals surface area contributed by atoms with Crippen LogP contribution in [0.3, 0.4) is 0 Å². The highest BCUT2D eigenvalue weighted by Gasteiger charge is 2.21. The Kier molecular flexibility index (Phi) is 36.1. The van der Waals surface area contributed by atoms with Gasteiger partial charge in [0, 0.05) is 12.8 Å². The first kappa shape index (κ1) is 52.5. The van der Waals surface area contributed by atoms with Crippen LogP contribution < -0.4 is 4.89 Å². The number of carbonyl (C=O) groups excluding carboxylic acids is 2. The van der Waals surface area contributed by atoms with Crippen molar-refractivity contribution in [1.29, 1.82) is 0 Å². The van der Waals surface area contributed by atoms with Gasteiger partial charge in [-0.25, -0.2) is 0 Å². The lowest BCUT2D eigenvalue weighted by atomic mass is 10.1. The molecule has 318 valence electrons. The van der Waals surface area contributed by atoms with Gasteiger partial charge in [0.25, 0.3) is 7.82 Å². The summed E-state index contributed by atoms with van der Waals surface area (Å²) in [7, 11) is 1.16. The molecule has 0 amide bonds. The zero-order valence-electron chi connectivity index (χ0n) is 35.7. The van der Waals surface area contributed by atoms with E-state index in [1.807, 2.05) is 21.1 Å². The van der Waals surface area contributed by atoms with Gasteiger partial charge in [-0.1, -0.05) is 141 Å². The molecular formula is C44H84NO8P. The Bertz CT molecular complexity index is 980. The summed E-state index contributed by atoms with van der Waals surface area (Å²) in [5.74, 6) is -0.850. The van der Waals surface area contributed by atoms with Crippen LogP contribution in [0.4, 0.5) is 0 Å². The van der Waals surface area contributed by atoms with Crippen molar-refractivity contribution in [3.05, 3.63) is 24.3 Å². The number of ether oxygens (including phenoxy) is 2. The Balaban J connectivity index is 4.38. The molecule has 0 aliphatic heterocycles. The molecular weight excluding hydrogens is 701 g/mol. The number of hydrogen-bond acceptors (Lipinski definition) is 8. The number of unbranched alkanes of at least 4 members (excludes halogenated alkanes) is 22. The molecule has 0 aliphatic rings. The highest BCUT2D eigenvalue weighted by Crippen LogP contribution is 2.38. The highest BCUT2D eigenvalue weighted by molar-refractivity contribution is 7.45. The predicted molar refractivity (Wildman–Crippen MR) is 222 cm³/mol. The second-order valence-corrected chi connectivity index (χ2v) is 17.5. The van der Waals surface area contributed by atoms with Crippen LogP contribution >= 0.6 is 7.82 Å². The van der Waals surface area contributed by atoms with Crippen LogP contribution in [-0.4, -0.2) is 70.0 Å². The molecule has 0 radical (unpaired) electrons. The Morgan fingerprint density at radius 3 is 1.37 bits per heavy atom. The van der Waals surface area contributed by atoms with E-state index in [9.17, 15) is 19.0 Å². The van der Waals surface area contributed by atoms with Crippen LogP contribution in [0.15, 0.2) is 24.3 Å². The van der Waals surface area contributed by atoms with Crippen molar-refractivity contribution < 1.29 is 42.1 Å². The molecule has 0 aromatic heterocycles. The summed E-state index contributed by atoms with van der Waals surface area (Å²) in [6.45, 7) is 4.20. The summed E-state index contributed by atoms with van der Waals surface area (Å²) in [6.07, 6.45) is 39.1. The topological polar surface area (TPSA) is 111 Å². The highest BCUT2D eigenvalue weighted by atomic mass is 31.2. The van der Waals surface area contributed by atoms with Gasteiger partial charge in [0.05, 0.1) is 27.7 Å². The van der Waals surface area contributed by atoms with Crippen LogP contribution in [0.25, 0.3) is 0 Å². The molecule has 0 N–H and O–H groups in total. The van der Waals surface area contributed by atoms with Crippen molar-refractivity contribution in [2.24, 2.45) is 0 Å².